The number of anilines is 2. The van der Waals surface area contributed by atoms with Gasteiger partial charge in [-0.05, 0) is 32.0 Å². The first-order valence-corrected chi connectivity index (χ1v) is 10.8. The SMILES string of the molecule is CCN(CC)c1ccc(N=Nc2cc(OC)c(S(=O)(=O)F)cc2OC)c(NC(C)=O)c1. The first kappa shape index (κ1) is 24.1. The average molecular weight is 453 g/mol. The number of rotatable bonds is 9. The lowest BCUT2D eigenvalue weighted by Crippen LogP contribution is -2.21. The van der Waals surface area contributed by atoms with Crippen LogP contribution in [0.4, 0.5) is 26.6 Å². The Bertz CT molecular complexity index is 1090. The maximum atomic E-state index is 13.5. The largest absolute Gasteiger partial charge is 0.495 e. The molecule has 1 N–H and O–H groups in total. The number of hydrogen-bond donors (Lipinski definition) is 1. The molecule has 0 saturated heterocycles. The first-order chi connectivity index (χ1) is 14.6. The van der Waals surface area contributed by atoms with Crippen LogP contribution in [-0.2, 0) is 15.0 Å². The highest BCUT2D eigenvalue weighted by Crippen LogP contribution is 2.39. The van der Waals surface area contributed by atoms with Crippen LogP contribution >= 0.6 is 0 Å². The van der Waals surface area contributed by atoms with Crippen molar-refractivity contribution in [3.63, 3.8) is 0 Å². The van der Waals surface area contributed by atoms with Crippen molar-refractivity contribution in [1.82, 2.24) is 0 Å². The molecule has 0 aliphatic heterocycles. The third-order valence-electron chi connectivity index (χ3n) is 4.41. The number of nitrogens with zero attached hydrogens (tertiary/aromatic N) is 3. The number of benzene rings is 2. The van der Waals surface area contributed by atoms with Crippen molar-refractivity contribution < 1.29 is 26.6 Å². The van der Waals surface area contributed by atoms with Gasteiger partial charge in [-0.15, -0.1) is 14.1 Å². The van der Waals surface area contributed by atoms with E-state index in [1.54, 1.807) is 12.1 Å². The Morgan fingerprint density at radius 2 is 1.65 bits per heavy atom. The number of hydrogen-bond acceptors (Lipinski definition) is 8. The maximum absolute atomic E-state index is 13.5. The van der Waals surface area contributed by atoms with Crippen LogP contribution in [-0.4, -0.2) is 41.6 Å². The van der Waals surface area contributed by atoms with Crippen LogP contribution in [0.15, 0.2) is 45.5 Å². The number of carbonyl (C=O) groups excluding carboxylic acids is 1. The van der Waals surface area contributed by atoms with E-state index in [9.17, 15) is 17.1 Å². The van der Waals surface area contributed by atoms with E-state index >= 15 is 0 Å². The number of halogens is 1. The predicted octanol–water partition coefficient (Wildman–Crippen LogP) is 4.58. The van der Waals surface area contributed by atoms with E-state index < -0.39 is 15.1 Å². The fraction of sp³-hybridized carbons (Fsp3) is 0.350. The molecule has 0 heterocycles. The number of azo groups is 1. The van der Waals surface area contributed by atoms with Crippen LogP contribution in [0.5, 0.6) is 11.5 Å². The van der Waals surface area contributed by atoms with Gasteiger partial charge in [0.2, 0.25) is 5.91 Å². The minimum Gasteiger partial charge on any atom is -0.495 e. The third-order valence-corrected chi connectivity index (χ3v) is 5.26. The Morgan fingerprint density at radius 1 is 1.03 bits per heavy atom. The summed E-state index contributed by atoms with van der Waals surface area (Å²) >= 11 is 0. The van der Waals surface area contributed by atoms with Crippen LogP contribution in [0.1, 0.15) is 20.8 Å². The first-order valence-electron chi connectivity index (χ1n) is 9.43. The standard InChI is InChI=1S/C20H25FN4O5S/c1-6-25(7-2)14-8-9-15(16(10-14)22-13(3)26)23-24-17-11-19(30-5)20(31(21,27)28)12-18(17)29-4/h8-12H,6-7H2,1-5H3,(H,22,26). The van der Waals surface area contributed by atoms with E-state index in [0.717, 1.165) is 24.8 Å². The molecule has 0 fully saturated rings. The van der Waals surface area contributed by atoms with Crippen molar-refractivity contribution in [2.75, 3.05) is 37.5 Å². The monoisotopic (exact) mass is 452 g/mol. The molecular formula is C20H25FN4O5S. The summed E-state index contributed by atoms with van der Waals surface area (Å²) in [6.07, 6.45) is 0. The molecule has 2 aromatic rings. The van der Waals surface area contributed by atoms with Gasteiger partial charge in [-0.2, -0.15) is 8.42 Å². The molecule has 0 aromatic heterocycles. The summed E-state index contributed by atoms with van der Waals surface area (Å²) in [7, 11) is -2.53. The molecule has 0 aliphatic carbocycles. The Balaban J connectivity index is 2.54. The number of methoxy groups -OCH3 is 2. The summed E-state index contributed by atoms with van der Waals surface area (Å²) in [6, 6.07) is 7.52. The molecule has 0 aliphatic rings. The number of carbonyl (C=O) groups is 1. The van der Waals surface area contributed by atoms with Crippen molar-refractivity contribution in [1.29, 1.82) is 0 Å². The topological polar surface area (TPSA) is 110 Å². The van der Waals surface area contributed by atoms with Crippen LogP contribution in [0.2, 0.25) is 0 Å². The molecule has 11 heteroatoms. The highest BCUT2D eigenvalue weighted by Gasteiger charge is 2.22. The fourth-order valence-corrected chi connectivity index (χ4v) is 3.55. The lowest BCUT2D eigenvalue weighted by Gasteiger charge is -2.22. The predicted molar refractivity (Wildman–Crippen MR) is 116 cm³/mol. The van der Waals surface area contributed by atoms with Crippen molar-refractivity contribution in [2.24, 2.45) is 10.2 Å². The van der Waals surface area contributed by atoms with Gasteiger partial charge in [0.05, 0.1) is 19.9 Å². The van der Waals surface area contributed by atoms with Crippen LogP contribution < -0.4 is 19.7 Å². The minimum atomic E-state index is -5.03. The molecule has 0 unspecified atom stereocenters. The van der Waals surface area contributed by atoms with Gasteiger partial charge in [-0.1, -0.05) is 0 Å². The second-order valence-corrected chi connectivity index (χ2v) is 7.68. The Labute approximate surface area is 181 Å². The second kappa shape index (κ2) is 10.2. The molecular weight excluding hydrogens is 427 g/mol. The molecule has 9 nitrogen and oxygen atoms in total. The Kier molecular flexibility index (Phi) is 7.92. The van der Waals surface area contributed by atoms with Gasteiger partial charge >= 0.3 is 10.2 Å². The third kappa shape index (κ3) is 5.91. The highest BCUT2D eigenvalue weighted by molar-refractivity contribution is 7.86. The van der Waals surface area contributed by atoms with E-state index in [1.165, 1.54) is 27.2 Å². The smallest absolute Gasteiger partial charge is 0.335 e. The van der Waals surface area contributed by atoms with Gasteiger partial charge in [-0.25, -0.2) is 0 Å². The zero-order valence-electron chi connectivity index (χ0n) is 18.0. The molecule has 0 spiro atoms. The fourth-order valence-electron chi connectivity index (χ4n) is 2.92. The average Bonchev–Trinajstić information content (AvgIpc) is 2.72. The quantitative estimate of drug-likeness (QED) is 0.440. The van der Waals surface area contributed by atoms with Crippen LogP contribution in [0.25, 0.3) is 0 Å². The molecule has 2 aromatic carbocycles. The van der Waals surface area contributed by atoms with Gasteiger partial charge in [-0.3, -0.25) is 4.79 Å². The van der Waals surface area contributed by atoms with Crippen molar-refractivity contribution in [3.8, 4) is 11.5 Å². The molecule has 2 rings (SSSR count). The zero-order valence-corrected chi connectivity index (χ0v) is 18.8. The summed E-state index contributed by atoms with van der Waals surface area (Å²) in [4.78, 5) is 13.1. The van der Waals surface area contributed by atoms with E-state index in [0.29, 0.717) is 11.4 Å². The lowest BCUT2D eigenvalue weighted by atomic mass is 10.2. The van der Waals surface area contributed by atoms with E-state index in [2.05, 4.69) is 20.4 Å². The van der Waals surface area contributed by atoms with Crippen LogP contribution in [0.3, 0.4) is 0 Å². The molecule has 31 heavy (non-hydrogen) atoms. The van der Waals surface area contributed by atoms with Crippen LogP contribution in [0, 0.1) is 0 Å². The Morgan fingerprint density at radius 3 is 2.16 bits per heavy atom. The molecule has 0 saturated carbocycles. The van der Waals surface area contributed by atoms with Crippen molar-refractivity contribution in [2.45, 2.75) is 25.7 Å². The summed E-state index contributed by atoms with van der Waals surface area (Å²) < 4.78 is 46.3. The van der Waals surface area contributed by atoms with Crippen molar-refractivity contribution >= 4 is 38.9 Å². The van der Waals surface area contributed by atoms with E-state index in [1.807, 2.05) is 19.9 Å². The zero-order chi connectivity index (χ0) is 23.2. The van der Waals surface area contributed by atoms with Gasteiger partial charge < -0.3 is 19.7 Å². The highest BCUT2D eigenvalue weighted by atomic mass is 32.3. The Hall–Kier alpha value is -3.21. The van der Waals surface area contributed by atoms with Gasteiger partial charge in [0, 0.05) is 37.8 Å². The van der Waals surface area contributed by atoms with E-state index in [4.69, 9.17) is 9.47 Å². The molecule has 168 valence electrons. The molecule has 1 amide bonds. The molecule has 0 radical (unpaired) electrons. The molecule has 0 atom stereocenters. The van der Waals surface area contributed by atoms with Gasteiger partial charge in [0.15, 0.2) is 0 Å². The number of amides is 1. The normalized spacial score (nSPS) is 11.4. The van der Waals surface area contributed by atoms with Crippen molar-refractivity contribution in [3.05, 3.63) is 30.3 Å². The summed E-state index contributed by atoms with van der Waals surface area (Å²) in [5.74, 6) is -0.525. The summed E-state index contributed by atoms with van der Waals surface area (Å²) in [6.45, 7) is 7.01. The van der Waals surface area contributed by atoms with E-state index in [-0.39, 0.29) is 23.1 Å². The second-order valence-electron chi connectivity index (χ2n) is 6.37. The number of nitrogens with one attached hydrogen (secondary N) is 1. The summed E-state index contributed by atoms with van der Waals surface area (Å²) in [5, 5.41) is 11.0. The number of ether oxygens (including phenoxy) is 2. The molecule has 0 bridgehead atoms. The lowest BCUT2D eigenvalue weighted by molar-refractivity contribution is -0.114. The maximum Gasteiger partial charge on any atom is 0.335 e. The minimum absolute atomic E-state index is 0.0124. The van der Waals surface area contributed by atoms with Gasteiger partial charge in [0.1, 0.15) is 27.8 Å². The summed E-state index contributed by atoms with van der Waals surface area (Å²) in [5.41, 5.74) is 1.85. The van der Waals surface area contributed by atoms with Gasteiger partial charge in [0.25, 0.3) is 0 Å².